The molecule has 1 aromatic rings. The lowest BCUT2D eigenvalue weighted by Crippen LogP contribution is -1.90. The normalized spacial score (nSPS) is 9.92. The van der Waals surface area contributed by atoms with Gasteiger partial charge in [-0.3, -0.25) is 0 Å². The van der Waals surface area contributed by atoms with E-state index >= 15 is 0 Å². The highest BCUT2D eigenvalue weighted by Crippen LogP contribution is 2.14. The molecule has 0 aliphatic heterocycles. The number of carbonyl (C=O) groups excluding carboxylic acids is 1. The molecule has 0 unspecified atom stereocenters. The van der Waals surface area contributed by atoms with Gasteiger partial charge in [-0.1, -0.05) is 19.0 Å². The van der Waals surface area contributed by atoms with Crippen molar-refractivity contribution in [3.05, 3.63) is 11.8 Å². The summed E-state index contributed by atoms with van der Waals surface area (Å²) in [5.41, 5.74) is 0. The quantitative estimate of drug-likeness (QED) is 0.508. The Bertz CT molecular complexity index is 298. The number of aromatic nitrogens is 1. The molecule has 0 aliphatic carbocycles. The van der Waals surface area contributed by atoms with Gasteiger partial charge in [0, 0.05) is 12.5 Å². The summed E-state index contributed by atoms with van der Waals surface area (Å²) in [6.45, 7) is 4.15. The zero-order valence-corrected chi connectivity index (χ0v) is 7.07. The van der Waals surface area contributed by atoms with Crippen molar-refractivity contribution in [1.82, 2.24) is 5.16 Å². The van der Waals surface area contributed by atoms with E-state index in [2.05, 4.69) is 24.0 Å². The Balaban J connectivity index is 2.70. The van der Waals surface area contributed by atoms with Gasteiger partial charge in [0.2, 0.25) is 11.9 Å². The lowest BCUT2D eigenvalue weighted by Gasteiger charge is -1.96. The van der Waals surface area contributed by atoms with Gasteiger partial charge in [-0.15, -0.1) is 4.99 Å². The van der Waals surface area contributed by atoms with Crippen molar-refractivity contribution in [1.29, 1.82) is 0 Å². The maximum atomic E-state index is 9.83. The first-order chi connectivity index (χ1) is 5.72. The van der Waals surface area contributed by atoms with Crippen molar-refractivity contribution in [2.24, 2.45) is 10.9 Å². The number of hydrogen-bond acceptors (Lipinski definition) is 4. The summed E-state index contributed by atoms with van der Waals surface area (Å²) >= 11 is 0. The predicted molar refractivity (Wildman–Crippen MR) is 42.8 cm³/mol. The van der Waals surface area contributed by atoms with Crippen molar-refractivity contribution in [3.63, 3.8) is 0 Å². The Labute approximate surface area is 70.3 Å². The van der Waals surface area contributed by atoms with Crippen LogP contribution in [0.25, 0.3) is 0 Å². The molecule has 4 nitrogen and oxygen atoms in total. The Morgan fingerprint density at radius 3 is 3.08 bits per heavy atom. The largest absolute Gasteiger partial charge is 0.359 e. The van der Waals surface area contributed by atoms with Gasteiger partial charge < -0.3 is 4.52 Å². The SMILES string of the molecule is CC(C)Cc1cc(N=C=O)no1. The van der Waals surface area contributed by atoms with E-state index in [1.54, 1.807) is 6.07 Å². The van der Waals surface area contributed by atoms with Crippen LogP contribution < -0.4 is 0 Å². The lowest BCUT2D eigenvalue weighted by atomic mass is 10.1. The standard InChI is InChI=1S/C8H10N2O2/c1-6(2)3-7-4-8(9-5-11)10-12-7/h4,6H,3H2,1-2H3. The third-order valence-corrected chi connectivity index (χ3v) is 1.32. The summed E-state index contributed by atoms with van der Waals surface area (Å²) < 4.78 is 4.91. The minimum absolute atomic E-state index is 0.292. The first-order valence-electron chi connectivity index (χ1n) is 3.76. The Kier molecular flexibility index (Phi) is 2.77. The topological polar surface area (TPSA) is 55.5 Å². The summed E-state index contributed by atoms with van der Waals surface area (Å²) in [5, 5.41) is 3.55. The molecular formula is C8H10N2O2. The molecule has 0 radical (unpaired) electrons. The Hall–Kier alpha value is -1.41. The predicted octanol–water partition coefficient (Wildman–Crippen LogP) is 1.84. The molecule has 64 valence electrons. The second kappa shape index (κ2) is 3.83. The third-order valence-electron chi connectivity index (χ3n) is 1.32. The number of rotatable bonds is 3. The van der Waals surface area contributed by atoms with E-state index < -0.39 is 0 Å². The molecule has 0 aromatic carbocycles. The Morgan fingerprint density at radius 1 is 1.75 bits per heavy atom. The lowest BCUT2D eigenvalue weighted by molar-refractivity contribution is 0.370. The molecule has 1 rings (SSSR count). The van der Waals surface area contributed by atoms with E-state index in [0.29, 0.717) is 11.7 Å². The number of nitrogens with zero attached hydrogens (tertiary/aromatic N) is 2. The van der Waals surface area contributed by atoms with E-state index in [4.69, 9.17) is 4.52 Å². The monoisotopic (exact) mass is 166 g/mol. The van der Waals surface area contributed by atoms with Gasteiger partial charge in [-0.2, -0.15) is 0 Å². The molecule has 0 amide bonds. The molecule has 0 saturated heterocycles. The van der Waals surface area contributed by atoms with Crippen LogP contribution in [0.1, 0.15) is 19.6 Å². The summed E-state index contributed by atoms with van der Waals surface area (Å²) in [5.74, 6) is 1.55. The van der Waals surface area contributed by atoms with Crippen LogP contribution in [-0.2, 0) is 11.2 Å². The van der Waals surface area contributed by atoms with Gasteiger partial charge in [0.1, 0.15) is 5.76 Å². The first-order valence-corrected chi connectivity index (χ1v) is 3.76. The van der Waals surface area contributed by atoms with Crippen molar-refractivity contribution in [3.8, 4) is 0 Å². The molecule has 1 aromatic heterocycles. The second-order valence-electron chi connectivity index (χ2n) is 2.95. The minimum Gasteiger partial charge on any atom is -0.359 e. The van der Waals surface area contributed by atoms with Crippen LogP contribution in [0.15, 0.2) is 15.6 Å². The van der Waals surface area contributed by atoms with Gasteiger partial charge in [-0.05, 0) is 5.92 Å². The highest BCUT2D eigenvalue weighted by atomic mass is 16.5. The molecule has 1 heterocycles. The fraction of sp³-hybridized carbons (Fsp3) is 0.500. The second-order valence-corrected chi connectivity index (χ2v) is 2.95. The molecule has 4 heteroatoms. The van der Waals surface area contributed by atoms with Gasteiger partial charge in [-0.25, -0.2) is 4.79 Å². The van der Waals surface area contributed by atoms with Crippen molar-refractivity contribution in [2.45, 2.75) is 20.3 Å². The average Bonchev–Trinajstić information content (AvgIpc) is 2.36. The minimum atomic E-state index is 0.292. The number of aliphatic imine (C=N–C) groups is 1. The molecule has 0 N–H and O–H groups in total. The highest BCUT2D eigenvalue weighted by Gasteiger charge is 2.04. The van der Waals surface area contributed by atoms with E-state index in [0.717, 1.165) is 12.2 Å². The zero-order chi connectivity index (χ0) is 8.97. The highest BCUT2D eigenvalue weighted by molar-refractivity contribution is 5.43. The molecule has 0 fully saturated rings. The fourth-order valence-corrected chi connectivity index (χ4v) is 0.900. The van der Waals surface area contributed by atoms with Crippen LogP contribution in [0.3, 0.4) is 0 Å². The molecule has 0 spiro atoms. The van der Waals surface area contributed by atoms with E-state index in [9.17, 15) is 4.79 Å². The van der Waals surface area contributed by atoms with Gasteiger partial charge in [0.15, 0.2) is 0 Å². The maximum Gasteiger partial charge on any atom is 0.242 e. The average molecular weight is 166 g/mol. The molecular weight excluding hydrogens is 156 g/mol. The molecule has 0 bridgehead atoms. The van der Waals surface area contributed by atoms with Crippen LogP contribution in [0.2, 0.25) is 0 Å². The number of isocyanates is 1. The van der Waals surface area contributed by atoms with Gasteiger partial charge >= 0.3 is 0 Å². The van der Waals surface area contributed by atoms with E-state index in [-0.39, 0.29) is 0 Å². The van der Waals surface area contributed by atoms with Crippen LogP contribution >= 0.6 is 0 Å². The molecule has 0 aliphatic rings. The maximum absolute atomic E-state index is 9.83. The zero-order valence-electron chi connectivity index (χ0n) is 7.07. The van der Waals surface area contributed by atoms with Gasteiger partial charge in [0.05, 0.1) is 0 Å². The summed E-state index contributed by atoms with van der Waals surface area (Å²) in [4.78, 5) is 13.2. The van der Waals surface area contributed by atoms with Crippen molar-refractivity contribution >= 4 is 11.9 Å². The van der Waals surface area contributed by atoms with Crippen molar-refractivity contribution in [2.75, 3.05) is 0 Å². The van der Waals surface area contributed by atoms with E-state index in [1.807, 2.05) is 0 Å². The Morgan fingerprint density at radius 2 is 2.50 bits per heavy atom. The van der Waals surface area contributed by atoms with Crippen LogP contribution in [-0.4, -0.2) is 11.2 Å². The molecule has 0 saturated carbocycles. The van der Waals surface area contributed by atoms with Crippen LogP contribution in [0.5, 0.6) is 0 Å². The summed E-state index contributed by atoms with van der Waals surface area (Å²) in [7, 11) is 0. The fourth-order valence-electron chi connectivity index (χ4n) is 0.900. The van der Waals surface area contributed by atoms with Crippen LogP contribution in [0.4, 0.5) is 5.82 Å². The third kappa shape index (κ3) is 2.32. The first kappa shape index (κ1) is 8.68. The summed E-state index contributed by atoms with van der Waals surface area (Å²) in [6, 6.07) is 1.64. The molecule has 0 atom stereocenters. The van der Waals surface area contributed by atoms with Crippen LogP contribution in [0, 0.1) is 5.92 Å². The summed E-state index contributed by atoms with van der Waals surface area (Å²) in [6.07, 6.45) is 2.21. The van der Waals surface area contributed by atoms with Gasteiger partial charge in [0.25, 0.3) is 0 Å². The van der Waals surface area contributed by atoms with E-state index in [1.165, 1.54) is 6.08 Å². The molecule has 12 heavy (non-hydrogen) atoms. The number of hydrogen-bond donors (Lipinski definition) is 0. The smallest absolute Gasteiger partial charge is 0.242 e. The van der Waals surface area contributed by atoms with Crippen molar-refractivity contribution < 1.29 is 9.32 Å².